The molecule has 1 aromatic heterocycles. The van der Waals surface area contributed by atoms with E-state index in [2.05, 4.69) is 5.32 Å². The molecule has 19 heavy (non-hydrogen) atoms. The number of amides is 1. The molecule has 5 heteroatoms. The van der Waals surface area contributed by atoms with Crippen molar-refractivity contribution < 1.29 is 13.9 Å². The number of benzene rings is 1. The Morgan fingerprint density at radius 1 is 1.42 bits per heavy atom. The molecular formula is C14H16N2O3. The Morgan fingerprint density at radius 2 is 2.21 bits per heavy atom. The molecular weight excluding hydrogens is 244 g/mol. The number of nitrogen functional groups attached to an aromatic ring is 1. The van der Waals surface area contributed by atoms with Crippen molar-refractivity contribution >= 4 is 11.6 Å². The van der Waals surface area contributed by atoms with Crippen molar-refractivity contribution in [3.63, 3.8) is 0 Å². The fraction of sp³-hybridized carbons (Fsp3) is 0.214. The van der Waals surface area contributed by atoms with Crippen molar-refractivity contribution in [2.24, 2.45) is 0 Å². The lowest BCUT2D eigenvalue weighted by Crippen LogP contribution is -2.27. The number of nitrogens with one attached hydrogen (secondary N) is 1. The van der Waals surface area contributed by atoms with E-state index >= 15 is 0 Å². The molecule has 0 aliphatic heterocycles. The first kappa shape index (κ1) is 13.0. The van der Waals surface area contributed by atoms with Crippen molar-refractivity contribution in [1.82, 2.24) is 5.32 Å². The van der Waals surface area contributed by atoms with Crippen LogP contribution in [-0.4, -0.2) is 13.0 Å². The number of anilines is 1. The van der Waals surface area contributed by atoms with Crippen LogP contribution in [0.15, 0.2) is 41.0 Å². The summed E-state index contributed by atoms with van der Waals surface area (Å²) in [5, 5.41) is 2.82. The van der Waals surface area contributed by atoms with Gasteiger partial charge in [0.25, 0.3) is 5.91 Å². The van der Waals surface area contributed by atoms with Gasteiger partial charge < -0.3 is 20.2 Å². The molecule has 1 aromatic carbocycles. The van der Waals surface area contributed by atoms with Crippen LogP contribution in [0.4, 0.5) is 5.69 Å². The molecule has 1 atom stereocenters. The molecule has 1 amide bonds. The standard InChI is InChI=1S/C14H16N2O3/c1-9(13-4-3-7-19-13)16-14(17)11-8-10(18-2)5-6-12(11)15/h3-9H,15H2,1-2H3,(H,16,17). The minimum Gasteiger partial charge on any atom is -0.497 e. The number of hydrogen-bond donors (Lipinski definition) is 2. The third-order valence-electron chi connectivity index (χ3n) is 2.82. The summed E-state index contributed by atoms with van der Waals surface area (Å²) in [7, 11) is 1.54. The Balaban J connectivity index is 2.16. The Labute approximate surface area is 111 Å². The molecule has 1 unspecified atom stereocenters. The molecule has 5 nitrogen and oxygen atoms in total. The van der Waals surface area contributed by atoms with Crippen LogP contribution in [0.25, 0.3) is 0 Å². The molecule has 0 fully saturated rings. The van der Waals surface area contributed by atoms with E-state index in [4.69, 9.17) is 14.9 Å². The van der Waals surface area contributed by atoms with Gasteiger partial charge in [-0.3, -0.25) is 4.79 Å². The summed E-state index contributed by atoms with van der Waals surface area (Å²) in [6.07, 6.45) is 1.57. The summed E-state index contributed by atoms with van der Waals surface area (Å²) in [6, 6.07) is 8.32. The van der Waals surface area contributed by atoms with Crippen molar-refractivity contribution in [1.29, 1.82) is 0 Å². The van der Waals surface area contributed by atoms with Crippen LogP contribution >= 0.6 is 0 Å². The number of furan rings is 1. The smallest absolute Gasteiger partial charge is 0.254 e. The molecule has 0 saturated heterocycles. The molecule has 3 N–H and O–H groups in total. The van der Waals surface area contributed by atoms with E-state index in [0.717, 1.165) is 0 Å². The minimum absolute atomic E-state index is 0.229. The zero-order chi connectivity index (χ0) is 13.8. The normalized spacial score (nSPS) is 11.9. The monoisotopic (exact) mass is 260 g/mol. The number of carbonyl (C=O) groups is 1. The summed E-state index contributed by atoms with van der Waals surface area (Å²) in [5.74, 6) is 1.01. The Bertz CT molecular complexity index is 564. The zero-order valence-electron chi connectivity index (χ0n) is 10.8. The van der Waals surface area contributed by atoms with Gasteiger partial charge in [0.15, 0.2) is 0 Å². The second-order valence-corrected chi connectivity index (χ2v) is 4.16. The highest BCUT2D eigenvalue weighted by Gasteiger charge is 2.16. The van der Waals surface area contributed by atoms with E-state index in [1.165, 1.54) is 0 Å². The van der Waals surface area contributed by atoms with Crippen molar-refractivity contribution in [2.45, 2.75) is 13.0 Å². The summed E-state index contributed by atoms with van der Waals surface area (Å²) in [5.41, 5.74) is 6.59. The minimum atomic E-state index is -0.264. The maximum absolute atomic E-state index is 12.2. The first-order valence-electron chi connectivity index (χ1n) is 5.89. The molecule has 0 bridgehead atoms. The highest BCUT2D eigenvalue weighted by Crippen LogP contribution is 2.21. The summed E-state index contributed by atoms with van der Waals surface area (Å²) in [4.78, 5) is 12.2. The van der Waals surface area contributed by atoms with Gasteiger partial charge in [0.2, 0.25) is 0 Å². The molecule has 0 aliphatic carbocycles. The third-order valence-corrected chi connectivity index (χ3v) is 2.82. The van der Waals surface area contributed by atoms with Crippen LogP contribution < -0.4 is 15.8 Å². The lowest BCUT2D eigenvalue weighted by molar-refractivity contribution is 0.0936. The number of ether oxygens (including phenoxy) is 1. The number of nitrogens with two attached hydrogens (primary N) is 1. The number of carbonyl (C=O) groups excluding carboxylic acids is 1. The van der Waals surface area contributed by atoms with Crippen molar-refractivity contribution in [3.8, 4) is 5.75 Å². The molecule has 100 valence electrons. The molecule has 0 radical (unpaired) electrons. The fourth-order valence-electron chi connectivity index (χ4n) is 1.74. The average Bonchev–Trinajstić information content (AvgIpc) is 2.93. The van der Waals surface area contributed by atoms with Gasteiger partial charge in [-0.25, -0.2) is 0 Å². The summed E-state index contributed by atoms with van der Waals surface area (Å²) < 4.78 is 10.3. The van der Waals surface area contributed by atoms with E-state index in [-0.39, 0.29) is 11.9 Å². The van der Waals surface area contributed by atoms with Crippen molar-refractivity contribution in [2.75, 3.05) is 12.8 Å². The van der Waals surface area contributed by atoms with Gasteiger partial charge in [0.05, 0.1) is 25.0 Å². The van der Waals surface area contributed by atoms with Crippen LogP contribution in [0.1, 0.15) is 29.1 Å². The number of methoxy groups -OCH3 is 1. The highest BCUT2D eigenvalue weighted by molar-refractivity contribution is 5.99. The second-order valence-electron chi connectivity index (χ2n) is 4.16. The van der Waals surface area contributed by atoms with E-state index in [9.17, 15) is 4.79 Å². The summed E-state index contributed by atoms with van der Waals surface area (Å²) in [6.45, 7) is 1.84. The largest absolute Gasteiger partial charge is 0.497 e. The predicted octanol–water partition coefficient (Wildman–Crippen LogP) is 2.36. The molecule has 0 aliphatic rings. The quantitative estimate of drug-likeness (QED) is 0.827. The van der Waals surface area contributed by atoms with E-state index in [1.807, 2.05) is 6.92 Å². The number of rotatable bonds is 4. The lowest BCUT2D eigenvalue weighted by atomic mass is 10.1. The molecule has 1 heterocycles. The Kier molecular flexibility index (Phi) is 3.75. The third kappa shape index (κ3) is 2.88. The predicted molar refractivity (Wildman–Crippen MR) is 72.0 cm³/mol. The maximum Gasteiger partial charge on any atom is 0.254 e. The number of hydrogen-bond acceptors (Lipinski definition) is 4. The molecule has 2 rings (SSSR count). The average molecular weight is 260 g/mol. The maximum atomic E-state index is 12.2. The van der Waals surface area contributed by atoms with Gasteiger partial charge >= 0.3 is 0 Å². The van der Waals surface area contributed by atoms with Gasteiger partial charge in [-0.15, -0.1) is 0 Å². The van der Waals surface area contributed by atoms with Gasteiger partial charge in [-0.2, -0.15) is 0 Å². The first-order chi connectivity index (χ1) is 9.11. The summed E-state index contributed by atoms with van der Waals surface area (Å²) >= 11 is 0. The Morgan fingerprint density at radius 3 is 2.84 bits per heavy atom. The van der Waals surface area contributed by atoms with Crippen LogP contribution in [-0.2, 0) is 0 Å². The van der Waals surface area contributed by atoms with E-state index < -0.39 is 0 Å². The van der Waals surface area contributed by atoms with Gasteiger partial charge in [-0.1, -0.05) is 0 Å². The Hall–Kier alpha value is -2.43. The topological polar surface area (TPSA) is 77.5 Å². The van der Waals surface area contributed by atoms with Crippen LogP contribution in [0.3, 0.4) is 0 Å². The molecule has 0 spiro atoms. The SMILES string of the molecule is COc1ccc(N)c(C(=O)NC(C)c2ccco2)c1. The van der Waals surface area contributed by atoms with E-state index in [1.54, 1.807) is 43.7 Å². The van der Waals surface area contributed by atoms with Crippen molar-refractivity contribution in [3.05, 3.63) is 47.9 Å². The van der Waals surface area contributed by atoms with Gasteiger partial charge in [-0.05, 0) is 37.3 Å². The second kappa shape index (κ2) is 5.48. The van der Waals surface area contributed by atoms with Crippen LogP contribution in [0.2, 0.25) is 0 Å². The van der Waals surface area contributed by atoms with Gasteiger partial charge in [0.1, 0.15) is 11.5 Å². The lowest BCUT2D eigenvalue weighted by Gasteiger charge is -2.13. The highest BCUT2D eigenvalue weighted by atomic mass is 16.5. The van der Waals surface area contributed by atoms with Gasteiger partial charge in [0, 0.05) is 5.69 Å². The molecule has 2 aromatic rings. The van der Waals surface area contributed by atoms with Crippen LogP contribution in [0, 0.1) is 0 Å². The fourth-order valence-corrected chi connectivity index (χ4v) is 1.74. The zero-order valence-corrected chi connectivity index (χ0v) is 10.8. The molecule has 0 saturated carbocycles. The first-order valence-corrected chi connectivity index (χ1v) is 5.89. The van der Waals surface area contributed by atoms with E-state index in [0.29, 0.717) is 22.8 Å². The van der Waals surface area contributed by atoms with Crippen LogP contribution in [0.5, 0.6) is 5.75 Å².